The zero-order valence-electron chi connectivity index (χ0n) is 11.9. The second-order valence-electron chi connectivity index (χ2n) is 4.37. The predicted octanol–water partition coefficient (Wildman–Crippen LogP) is 3.16. The molecule has 1 N–H and O–H groups in total. The van der Waals surface area contributed by atoms with Crippen LogP contribution in [0.4, 0.5) is 0 Å². The normalized spacial score (nSPS) is 14.2. The van der Waals surface area contributed by atoms with Crippen molar-refractivity contribution in [2.45, 2.75) is 39.3 Å². The van der Waals surface area contributed by atoms with Crippen molar-refractivity contribution in [2.24, 2.45) is 0 Å². The van der Waals surface area contributed by atoms with Gasteiger partial charge in [0, 0.05) is 6.61 Å². The molecule has 3 nitrogen and oxygen atoms in total. The fraction of sp³-hybridized carbons (Fsp3) is 0.600. The smallest absolute Gasteiger partial charge is 0.118 e. The third-order valence-electron chi connectivity index (χ3n) is 2.99. The van der Waals surface area contributed by atoms with E-state index >= 15 is 0 Å². The standard InChI is InChI=1S/C15H25NO2/c1-5-11-16-15(12(3)18-6-2)13-7-9-14(17-4)10-8-13/h7-10,12,15-16H,5-6,11H2,1-4H3. The summed E-state index contributed by atoms with van der Waals surface area (Å²) in [4.78, 5) is 0. The van der Waals surface area contributed by atoms with Crippen molar-refractivity contribution in [2.75, 3.05) is 20.3 Å². The van der Waals surface area contributed by atoms with Crippen molar-refractivity contribution in [1.82, 2.24) is 5.32 Å². The van der Waals surface area contributed by atoms with E-state index in [2.05, 4.69) is 31.3 Å². The van der Waals surface area contributed by atoms with Gasteiger partial charge in [-0.25, -0.2) is 0 Å². The first-order chi connectivity index (χ1) is 8.72. The fourth-order valence-electron chi connectivity index (χ4n) is 2.03. The van der Waals surface area contributed by atoms with Crippen molar-refractivity contribution >= 4 is 0 Å². The fourth-order valence-corrected chi connectivity index (χ4v) is 2.03. The molecule has 1 rings (SSSR count). The van der Waals surface area contributed by atoms with Gasteiger partial charge in [-0.1, -0.05) is 19.1 Å². The highest BCUT2D eigenvalue weighted by Crippen LogP contribution is 2.22. The average Bonchev–Trinajstić information content (AvgIpc) is 2.40. The van der Waals surface area contributed by atoms with Crippen LogP contribution in [0.5, 0.6) is 5.75 Å². The predicted molar refractivity (Wildman–Crippen MR) is 75.1 cm³/mol. The van der Waals surface area contributed by atoms with Crippen LogP contribution in [0.25, 0.3) is 0 Å². The van der Waals surface area contributed by atoms with Crippen molar-refractivity contribution in [3.63, 3.8) is 0 Å². The van der Waals surface area contributed by atoms with Gasteiger partial charge in [-0.05, 0) is 44.5 Å². The van der Waals surface area contributed by atoms with E-state index in [0.717, 1.165) is 25.3 Å². The van der Waals surface area contributed by atoms with Crippen molar-refractivity contribution < 1.29 is 9.47 Å². The van der Waals surface area contributed by atoms with Gasteiger partial charge < -0.3 is 14.8 Å². The highest BCUT2D eigenvalue weighted by atomic mass is 16.5. The van der Waals surface area contributed by atoms with Gasteiger partial charge in [0.1, 0.15) is 5.75 Å². The number of benzene rings is 1. The van der Waals surface area contributed by atoms with Crippen molar-refractivity contribution in [3.05, 3.63) is 29.8 Å². The molecule has 0 aliphatic carbocycles. The van der Waals surface area contributed by atoms with E-state index < -0.39 is 0 Å². The summed E-state index contributed by atoms with van der Waals surface area (Å²) in [6, 6.07) is 8.42. The third-order valence-corrected chi connectivity index (χ3v) is 2.99. The maximum atomic E-state index is 5.72. The molecular weight excluding hydrogens is 226 g/mol. The maximum Gasteiger partial charge on any atom is 0.118 e. The SMILES string of the molecule is CCCNC(c1ccc(OC)cc1)C(C)OCC. The molecule has 0 bridgehead atoms. The summed E-state index contributed by atoms with van der Waals surface area (Å²) in [5, 5.41) is 3.54. The molecule has 3 heteroatoms. The Bertz CT molecular complexity index is 324. The molecule has 0 saturated carbocycles. The molecule has 0 radical (unpaired) electrons. The van der Waals surface area contributed by atoms with Gasteiger partial charge in [0.15, 0.2) is 0 Å². The number of ether oxygens (including phenoxy) is 2. The minimum Gasteiger partial charge on any atom is -0.497 e. The largest absolute Gasteiger partial charge is 0.497 e. The molecule has 102 valence electrons. The summed E-state index contributed by atoms with van der Waals surface area (Å²) < 4.78 is 10.9. The van der Waals surface area contributed by atoms with Crippen LogP contribution in [-0.2, 0) is 4.74 Å². The second kappa shape index (κ2) is 8.11. The molecule has 2 atom stereocenters. The molecule has 18 heavy (non-hydrogen) atoms. The zero-order chi connectivity index (χ0) is 13.4. The van der Waals surface area contributed by atoms with Crippen LogP contribution in [-0.4, -0.2) is 26.4 Å². The monoisotopic (exact) mass is 251 g/mol. The molecule has 1 aromatic rings. The highest BCUT2D eigenvalue weighted by Gasteiger charge is 2.18. The lowest BCUT2D eigenvalue weighted by molar-refractivity contribution is 0.0472. The molecule has 1 aromatic carbocycles. The van der Waals surface area contributed by atoms with Crippen molar-refractivity contribution in [3.8, 4) is 5.75 Å². The Balaban J connectivity index is 2.79. The zero-order valence-corrected chi connectivity index (χ0v) is 11.9. The molecular formula is C15H25NO2. The Kier molecular flexibility index (Phi) is 6.76. The van der Waals surface area contributed by atoms with Crippen LogP contribution in [0.15, 0.2) is 24.3 Å². The lowest BCUT2D eigenvalue weighted by Crippen LogP contribution is -2.32. The maximum absolute atomic E-state index is 5.72. The van der Waals surface area contributed by atoms with Gasteiger partial charge in [-0.15, -0.1) is 0 Å². The molecule has 0 heterocycles. The molecule has 0 fully saturated rings. The Morgan fingerprint density at radius 3 is 2.33 bits per heavy atom. The topological polar surface area (TPSA) is 30.5 Å². The van der Waals surface area contributed by atoms with Crippen LogP contribution in [0.3, 0.4) is 0 Å². The van der Waals surface area contributed by atoms with Crippen LogP contribution in [0, 0.1) is 0 Å². The number of hydrogen-bond donors (Lipinski definition) is 1. The van der Waals surface area contributed by atoms with Gasteiger partial charge in [-0.2, -0.15) is 0 Å². The Morgan fingerprint density at radius 2 is 1.83 bits per heavy atom. The van der Waals surface area contributed by atoms with Crippen molar-refractivity contribution in [1.29, 1.82) is 0 Å². The summed E-state index contributed by atoms with van der Waals surface area (Å²) in [5.41, 5.74) is 1.24. The minimum atomic E-state index is 0.162. The molecule has 0 amide bonds. The lowest BCUT2D eigenvalue weighted by Gasteiger charge is -2.25. The van der Waals surface area contributed by atoms with E-state index in [9.17, 15) is 0 Å². The lowest BCUT2D eigenvalue weighted by atomic mass is 10.0. The van der Waals surface area contributed by atoms with Crippen LogP contribution in [0.2, 0.25) is 0 Å². The van der Waals surface area contributed by atoms with E-state index in [1.54, 1.807) is 7.11 Å². The van der Waals surface area contributed by atoms with Gasteiger partial charge >= 0.3 is 0 Å². The highest BCUT2D eigenvalue weighted by molar-refractivity contribution is 5.29. The quantitative estimate of drug-likeness (QED) is 0.770. The molecule has 0 aliphatic rings. The third kappa shape index (κ3) is 4.31. The van der Waals surface area contributed by atoms with E-state index in [-0.39, 0.29) is 12.1 Å². The number of hydrogen-bond acceptors (Lipinski definition) is 3. The van der Waals surface area contributed by atoms with E-state index in [0.29, 0.717) is 0 Å². The van der Waals surface area contributed by atoms with Crippen LogP contribution in [0.1, 0.15) is 38.8 Å². The van der Waals surface area contributed by atoms with Gasteiger partial charge in [0.05, 0.1) is 19.3 Å². The average molecular weight is 251 g/mol. The van der Waals surface area contributed by atoms with Gasteiger partial charge in [-0.3, -0.25) is 0 Å². The molecule has 2 unspecified atom stereocenters. The first-order valence-corrected chi connectivity index (χ1v) is 6.71. The van der Waals surface area contributed by atoms with Crippen LogP contribution < -0.4 is 10.1 Å². The summed E-state index contributed by atoms with van der Waals surface area (Å²) in [6.07, 6.45) is 1.28. The number of rotatable bonds is 8. The molecule has 0 aliphatic heterocycles. The summed E-state index contributed by atoms with van der Waals surface area (Å²) in [5.74, 6) is 0.886. The summed E-state index contributed by atoms with van der Waals surface area (Å²) >= 11 is 0. The first-order valence-electron chi connectivity index (χ1n) is 6.71. The molecule has 0 spiro atoms. The van der Waals surface area contributed by atoms with Gasteiger partial charge in [0.25, 0.3) is 0 Å². The summed E-state index contributed by atoms with van der Waals surface area (Å²) in [7, 11) is 1.69. The van der Waals surface area contributed by atoms with E-state index in [1.165, 1.54) is 5.56 Å². The Morgan fingerprint density at radius 1 is 1.17 bits per heavy atom. The summed E-state index contributed by atoms with van der Waals surface area (Å²) in [6.45, 7) is 8.04. The van der Waals surface area contributed by atoms with Gasteiger partial charge in [0.2, 0.25) is 0 Å². The first kappa shape index (κ1) is 15.0. The molecule has 0 aromatic heterocycles. The second-order valence-corrected chi connectivity index (χ2v) is 4.37. The minimum absolute atomic E-state index is 0.162. The van der Waals surface area contributed by atoms with E-state index in [4.69, 9.17) is 9.47 Å². The Labute approximate surface area is 110 Å². The van der Waals surface area contributed by atoms with Crippen LogP contribution >= 0.6 is 0 Å². The number of nitrogens with one attached hydrogen (secondary N) is 1. The Hall–Kier alpha value is -1.06. The van der Waals surface area contributed by atoms with E-state index in [1.807, 2.05) is 19.1 Å². The molecule has 0 saturated heterocycles. The number of methoxy groups -OCH3 is 1.